The largest absolute Gasteiger partial charge is 0.326 e. The number of carbonyl (C=O) groups is 1. The fourth-order valence-corrected chi connectivity index (χ4v) is 5.79. The monoisotopic (exact) mass is 493 g/mol. The van der Waals surface area contributed by atoms with Gasteiger partial charge < -0.3 is 5.32 Å². The van der Waals surface area contributed by atoms with Gasteiger partial charge in [-0.15, -0.1) is 11.8 Å². The summed E-state index contributed by atoms with van der Waals surface area (Å²) in [5.74, 6) is 0.482. The van der Waals surface area contributed by atoms with E-state index < -0.39 is 10.0 Å². The molecule has 176 valence electrons. The number of amides is 1. The normalized spacial score (nSPS) is 15.4. The molecule has 3 aromatic rings. The van der Waals surface area contributed by atoms with Crippen LogP contribution < -0.4 is 5.32 Å². The van der Waals surface area contributed by atoms with Crippen LogP contribution in [0.25, 0.3) is 6.08 Å². The van der Waals surface area contributed by atoms with Crippen molar-refractivity contribution in [2.24, 2.45) is 5.92 Å². The third-order valence-electron chi connectivity index (χ3n) is 5.64. The summed E-state index contributed by atoms with van der Waals surface area (Å²) in [5, 5.41) is 5.21. The number of nitrogens with zero attached hydrogens (tertiary/aromatic N) is 2. The van der Waals surface area contributed by atoms with Gasteiger partial charge in [0.05, 0.1) is 5.03 Å². The first-order chi connectivity index (χ1) is 16.5. The Morgan fingerprint density at radius 1 is 1.03 bits per heavy atom. The van der Waals surface area contributed by atoms with Crippen molar-refractivity contribution < 1.29 is 13.2 Å². The molecule has 1 fully saturated rings. The minimum absolute atomic E-state index is 0.0635. The minimum atomic E-state index is -3.51. The van der Waals surface area contributed by atoms with Gasteiger partial charge in [0.1, 0.15) is 0 Å². The van der Waals surface area contributed by atoms with Crippen molar-refractivity contribution in [1.29, 1.82) is 0 Å². The van der Waals surface area contributed by atoms with Crippen LogP contribution in [0.2, 0.25) is 0 Å². The molecule has 2 heterocycles. The summed E-state index contributed by atoms with van der Waals surface area (Å²) in [6.07, 6.45) is 4.38. The number of nitrogens with one attached hydrogen (secondary N) is 1. The zero-order valence-corrected chi connectivity index (χ0v) is 20.3. The van der Waals surface area contributed by atoms with Gasteiger partial charge in [-0.2, -0.15) is 4.31 Å². The highest BCUT2D eigenvalue weighted by Gasteiger charge is 2.30. The van der Waals surface area contributed by atoms with Crippen LogP contribution in [0.15, 0.2) is 89.4 Å². The fraction of sp³-hybridized carbons (Fsp3) is 0.231. The SMILES string of the molecule is O=C(Nc1cccc(CSc2ccccn2)c1)C1CCN(S(=O)(=O)/C=C\c2ccccc2)CC1. The lowest BCUT2D eigenvalue weighted by Gasteiger charge is -2.29. The first kappa shape index (κ1) is 24.2. The number of benzene rings is 2. The number of rotatable bonds is 8. The molecule has 0 atom stereocenters. The number of pyridine rings is 1. The molecule has 0 unspecified atom stereocenters. The predicted molar refractivity (Wildman–Crippen MR) is 138 cm³/mol. The van der Waals surface area contributed by atoms with E-state index in [1.165, 1.54) is 9.71 Å². The number of piperidine rings is 1. The van der Waals surface area contributed by atoms with Gasteiger partial charge >= 0.3 is 0 Å². The maximum Gasteiger partial charge on any atom is 0.236 e. The lowest BCUT2D eigenvalue weighted by atomic mass is 9.97. The van der Waals surface area contributed by atoms with Gasteiger partial charge in [-0.1, -0.05) is 48.5 Å². The van der Waals surface area contributed by atoms with Crippen LogP contribution in [-0.4, -0.2) is 36.7 Å². The first-order valence-electron chi connectivity index (χ1n) is 11.2. The Hall–Kier alpha value is -2.94. The van der Waals surface area contributed by atoms with Crippen molar-refractivity contribution in [2.45, 2.75) is 23.6 Å². The van der Waals surface area contributed by atoms with Crippen LogP contribution in [0.5, 0.6) is 0 Å². The molecule has 4 rings (SSSR count). The Labute approximate surface area is 205 Å². The Bertz CT molecular complexity index is 1220. The second-order valence-electron chi connectivity index (χ2n) is 8.08. The van der Waals surface area contributed by atoms with Crippen LogP contribution in [0.4, 0.5) is 5.69 Å². The smallest absolute Gasteiger partial charge is 0.236 e. The van der Waals surface area contributed by atoms with Gasteiger partial charge in [-0.05, 0) is 54.3 Å². The van der Waals surface area contributed by atoms with Crippen LogP contribution >= 0.6 is 11.8 Å². The number of anilines is 1. The summed E-state index contributed by atoms with van der Waals surface area (Å²) in [6, 6.07) is 23.0. The number of aromatic nitrogens is 1. The number of thioether (sulfide) groups is 1. The van der Waals surface area contributed by atoms with E-state index in [0.29, 0.717) is 25.9 Å². The van der Waals surface area contributed by atoms with E-state index in [9.17, 15) is 13.2 Å². The van der Waals surface area contributed by atoms with Crippen molar-refractivity contribution >= 4 is 39.5 Å². The lowest BCUT2D eigenvalue weighted by molar-refractivity contribution is -0.120. The van der Waals surface area contributed by atoms with Crippen LogP contribution in [-0.2, 0) is 20.6 Å². The fourth-order valence-electron chi connectivity index (χ4n) is 3.76. The highest BCUT2D eigenvalue weighted by Crippen LogP contribution is 2.25. The standard InChI is InChI=1S/C26H27N3O3S2/c30-26(28-24-10-6-9-22(19-24)20-33-25-11-4-5-15-27-25)23-12-16-29(17-13-23)34(31,32)18-14-21-7-2-1-3-8-21/h1-11,14-15,18-19,23H,12-13,16-17,20H2,(H,28,30)/b18-14-. The molecule has 1 aliphatic heterocycles. The molecule has 1 aromatic heterocycles. The van der Waals surface area contributed by atoms with E-state index >= 15 is 0 Å². The molecule has 0 saturated carbocycles. The molecule has 34 heavy (non-hydrogen) atoms. The molecular formula is C26H27N3O3S2. The van der Waals surface area contributed by atoms with Crippen LogP contribution in [0, 0.1) is 5.92 Å². The topological polar surface area (TPSA) is 79.4 Å². The van der Waals surface area contributed by atoms with E-state index in [-0.39, 0.29) is 11.8 Å². The third-order valence-corrected chi connectivity index (χ3v) is 8.22. The molecule has 6 nitrogen and oxygen atoms in total. The van der Waals surface area contributed by atoms with Gasteiger partial charge in [0.15, 0.2) is 0 Å². The summed E-state index contributed by atoms with van der Waals surface area (Å²) in [5.41, 5.74) is 2.69. The predicted octanol–water partition coefficient (Wildman–Crippen LogP) is 5.03. The molecule has 0 spiro atoms. The second-order valence-corrected chi connectivity index (χ2v) is 10.9. The van der Waals surface area contributed by atoms with Gasteiger partial charge in [-0.25, -0.2) is 13.4 Å². The minimum Gasteiger partial charge on any atom is -0.326 e. The van der Waals surface area contributed by atoms with Crippen LogP contribution in [0.1, 0.15) is 24.0 Å². The van der Waals surface area contributed by atoms with Crippen molar-refractivity contribution in [2.75, 3.05) is 18.4 Å². The summed E-state index contributed by atoms with van der Waals surface area (Å²) >= 11 is 1.64. The lowest BCUT2D eigenvalue weighted by Crippen LogP contribution is -2.40. The molecule has 1 N–H and O–H groups in total. The molecule has 8 heteroatoms. The highest BCUT2D eigenvalue weighted by atomic mass is 32.2. The van der Waals surface area contributed by atoms with E-state index in [1.807, 2.05) is 72.8 Å². The quantitative estimate of drug-likeness (QED) is 0.446. The second kappa shape index (κ2) is 11.5. The molecular weight excluding hydrogens is 466 g/mol. The zero-order chi connectivity index (χ0) is 23.8. The number of carbonyl (C=O) groups excluding carboxylic acids is 1. The Morgan fingerprint density at radius 2 is 1.79 bits per heavy atom. The molecule has 1 amide bonds. The summed E-state index contributed by atoms with van der Waals surface area (Å²) in [4.78, 5) is 17.1. The maximum atomic E-state index is 12.8. The number of sulfonamides is 1. The van der Waals surface area contributed by atoms with E-state index in [4.69, 9.17) is 0 Å². The molecule has 2 aromatic carbocycles. The third kappa shape index (κ3) is 6.79. The van der Waals surface area contributed by atoms with E-state index in [1.54, 1.807) is 24.0 Å². The first-order valence-corrected chi connectivity index (χ1v) is 13.7. The zero-order valence-electron chi connectivity index (χ0n) is 18.7. The van der Waals surface area contributed by atoms with Crippen molar-refractivity contribution in [3.05, 3.63) is 95.5 Å². The molecule has 1 aliphatic rings. The van der Waals surface area contributed by atoms with E-state index in [2.05, 4.69) is 10.3 Å². The molecule has 1 saturated heterocycles. The Kier molecular flexibility index (Phi) is 8.16. The summed E-state index contributed by atoms with van der Waals surface area (Å²) in [6.45, 7) is 0.667. The Balaban J connectivity index is 1.28. The molecule has 0 aliphatic carbocycles. The van der Waals surface area contributed by atoms with Crippen molar-refractivity contribution in [3.63, 3.8) is 0 Å². The highest BCUT2D eigenvalue weighted by molar-refractivity contribution is 7.98. The van der Waals surface area contributed by atoms with Gasteiger partial charge in [0, 0.05) is 42.1 Å². The number of hydrogen-bond acceptors (Lipinski definition) is 5. The number of hydrogen-bond donors (Lipinski definition) is 1. The average molecular weight is 494 g/mol. The summed E-state index contributed by atoms with van der Waals surface area (Å²) < 4.78 is 26.8. The molecule has 0 radical (unpaired) electrons. The van der Waals surface area contributed by atoms with Crippen molar-refractivity contribution in [1.82, 2.24) is 9.29 Å². The van der Waals surface area contributed by atoms with E-state index in [0.717, 1.165) is 27.6 Å². The van der Waals surface area contributed by atoms with Gasteiger partial charge in [0.25, 0.3) is 0 Å². The maximum absolute atomic E-state index is 12.8. The Morgan fingerprint density at radius 3 is 2.53 bits per heavy atom. The van der Waals surface area contributed by atoms with Crippen LogP contribution in [0.3, 0.4) is 0 Å². The van der Waals surface area contributed by atoms with Gasteiger partial charge in [0.2, 0.25) is 15.9 Å². The summed E-state index contributed by atoms with van der Waals surface area (Å²) in [7, 11) is -3.51. The van der Waals surface area contributed by atoms with Crippen molar-refractivity contribution in [3.8, 4) is 0 Å². The van der Waals surface area contributed by atoms with Gasteiger partial charge in [-0.3, -0.25) is 4.79 Å². The molecule has 0 bridgehead atoms. The average Bonchev–Trinajstić information content (AvgIpc) is 2.88.